The Hall–Kier alpha value is -2.28. The van der Waals surface area contributed by atoms with Crippen LogP contribution in [0.4, 0.5) is 10.1 Å². The molecule has 1 heterocycles. The van der Waals surface area contributed by atoms with Crippen molar-refractivity contribution in [3.05, 3.63) is 53.1 Å². The first-order valence-corrected chi connectivity index (χ1v) is 5.22. The molecule has 2 N–H and O–H groups in total. The molecule has 0 bridgehead atoms. The second-order valence-corrected chi connectivity index (χ2v) is 3.89. The molecule has 0 radical (unpaired) electrons. The predicted molar refractivity (Wildman–Crippen MR) is 63.8 cm³/mol. The maximum Gasteiger partial charge on any atom is 0.123 e. The Morgan fingerprint density at radius 2 is 2.00 bits per heavy atom. The van der Waals surface area contributed by atoms with Crippen LogP contribution in [0.2, 0.25) is 0 Å². The third kappa shape index (κ3) is 2.13. The van der Waals surface area contributed by atoms with Crippen molar-refractivity contribution >= 4 is 5.69 Å². The Morgan fingerprint density at radius 1 is 1.35 bits per heavy atom. The lowest BCUT2D eigenvalue weighted by Gasteiger charge is -2.08. The molecule has 0 amide bonds. The first-order valence-electron chi connectivity index (χ1n) is 5.22. The minimum absolute atomic E-state index is 0.266. The SMILES string of the molecule is Cc1c(N)cc(C#N)n1Cc1ccc(F)cc1. The largest absolute Gasteiger partial charge is 0.397 e. The molecule has 0 aliphatic carbocycles. The Balaban J connectivity index is 2.36. The van der Waals surface area contributed by atoms with Crippen LogP contribution < -0.4 is 5.73 Å². The van der Waals surface area contributed by atoms with Gasteiger partial charge >= 0.3 is 0 Å². The van der Waals surface area contributed by atoms with Crippen LogP contribution in [0.25, 0.3) is 0 Å². The van der Waals surface area contributed by atoms with Gasteiger partial charge in [-0.2, -0.15) is 5.26 Å². The van der Waals surface area contributed by atoms with E-state index in [1.54, 1.807) is 18.2 Å². The topological polar surface area (TPSA) is 54.7 Å². The minimum atomic E-state index is -0.266. The second-order valence-electron chi connectivity index (χ2n) is 3.89. The standard InChI is InChI=1S/C13H12FN3/c1-9-13(16)6-12(7-15)17(9)8-10-2-4-11(14)5-3-10/h2-6H,8,16H2,1H3. The van der Waals surface area contributed by atoms with Gasteiger partial charge in [0.2, 0.25) is 0 Å². The zero-order chi connectivity index (χ0) is 12.4. The van der Waals surface area contributed by atoms with Crippen LogP contribution in [0.5, 0.6) is 0 Å². The number of nitriles is 1. The fraction of sp³-hybridized carbons (Fsp3) is 0.154. The average Bonchev–Trinajstić information content (AvgIpc) is 2.59. The Morgan fingerprint density at radius 3 is 2.59 bits per heavy atom. The van der Waals surface area contributed by atoms with E-state index in [1.807, 2.05) is 11.5 Å². The molecule has 2 aromatic rings. The second kappa shape index (κ2) is 4.30. The molecule has 0 aliphatic rings. The summed E-state index contributed by atoms with van der Waals surface area (Å²) in [5, 5.41) is 8.99. The number of nitrogen functional groups attached to an aromatic ring is 1. The highest BCUT2D eigenvalue weighted by Crippen LogP contribution is 2.18. The number of nitrogens with zero attached hydrogens (tertiary/aromatic N) is 2. The van der Waals surface area contributed by atoms with Gasteiger partial charge in [0.1, 0.15) is 17.6 Å². The summed E-state index contributed by atoms with van der Waals surface area (Å²) in [6, 6.07) is 9.96. The molecular formula is C13H12FN3. The van der Waals surface area contributed by atoms with Crippen LogP contribution in [0.3, 0.4) is 0 Å². The van der Waals surface area contributed by atoms with Gasteiger partial charge in [0.15, 0.2) is 0 Å². The van der Waals surface area contributed by atoms with Crippen LogP contribution in [0, 0.1) is 24.1 Å². The van der Waals surface area contributed by atoms with E-state index in [0.717, 1.165) is 11.3 Å². The summed E-state index contributed by atoms with van der Waals surface area (Å²) < 4.78 is 14.6. The van der Waals surface area contributed by atoms with Gasteiger partial charge < -0.3 is 10.3 Å². The lowest BCUT2D eigenvalue weighted by atomic mass is 10.2. The third-order valence-electron chi connectivity index (χ3n) is 2.77. The molecule has 1 aromatic heterocycles. The monoisotopic (exact) mass is 229 g/mol. The summed E-state index contributed by atoms with van der Waals surface area (Å²) >= 11 is 0. The molecule has 0 atom stereocenters. The van der Waals surface area contributed by atoms with Crippen LogP contribution in [-0.2, 0) is 6.54 Å². The summed E-state index contributed by atoms with van der Waals surface area (Å²) in [5.74, 6) is -0.266. The summed E-state index contributed by atoms with van der Waals surface area (Å²) in [7, 11) is 0. The molecule has 86 valence electrons. The van der Waals surface area contributed by atoms with Crippen molar-refractivity contribution in [2.45, 2.75) is 13.5 Å². The van der Waals surface area contributed by atoms with E-state index in [-0.39, 0.29) is 5.82 Å². The lowest BCUT2D eigenvalue weighted by molar-refractivity contribution is 0.626. The molecule has 1 aromatic carbocycles. The number of hydrogen-bond donors (Lipinski definition) is 1. The van der Waals surface area contributed by atoms with E-state index in [0.29, 0.717) is 17.9 Å². The third-order valence-corrected chi connectivity index (χ3v) is 2.77. The number of aromatic nitrogens is 1. The van der Waals surface area contributed by atoms with E-state index in [2.05, 4.69) is 6.07 Å². The molecular weight excluding hydrogens is 217 g/mol. The van der Waals surface area contributed by atoms with Crippen LogP contribution in [0.15, 0.2) is 30.3 Å². The van der Waals surface area contributed by atoms with Crippen molar-refractivity contribution in [3.8, 4) is 6.07 Å². The van der Waals surface area contributed by atoms with Gasteiger partial charge in [-0.3, -0.25) is 0 Å². The van der Waals surface area contributed by atoms with E-state index in [9.17, 15) is 4.39 Å². The van der Waals surface area contributed by atoms with E-state index in [4.69, 9.17) is 11.0 Å². The van der Waals surface area contributed by atoms with Crippen molar-refractivity contribution in [1.82, 2.24) is 4.57 Å². The summed E-state index contributed by atoms with van der Waals surface area (Å²) in [5.41, 5.74) is 8.67. The molecule has 2 rings (SSSR count). The van der Waals surface area contributed by atoms with Crippen LogP contribution in [-0.4, -0.2) is 4.57 Å². The molecule has 0 spiro atoms. The van der Waals surface area contributed by atoms with Crippen LogP contribution in [0.1, 0.15) is 17.0 Å². The zero-order valence-electron chi connectivity index (χ0n) is 9.44. The Kier molecular flexibility index (Phi) is 2.84. The maximum atomic E-state index is 12.8. The number of rotatable bonds is 2. The fourth-order valence-corrected chi connectivity index (χ4v) is 1.73. The van der Waals surface area contributed by atoms with Gasteiger partial charge in [0.05, 0.1) is 5.69 Å². The van der Waals surface area contributed by atoms with E-state index >= 15 is 0 Å². The Bertz CT molecular complexity index is 576. The molecule has 0 fully saturated rings. The molecule has 0 saturated carbocycles. The highest BCUT2D eigenvalue weighted by molar-refractivity contribution is 5.50. The Labute approximate surface area is 98.9 Å². The van der Waals surface area contributed by atoms with Gasteiger partial charge in [0, 0.05) is 12.2 Å². The van der Waals surface area contributed by atoms with Gasteiger partial charge in [-0.25, -0.2) is 4.39 Å². The van der Waals surface area contributed by atoms with E-state index in [1.165, 1.54) is 12.1 Å². The summed E-state index contributed by atoms with van der Waals surface area (Å²) in [6.07, 6.45) is 0. The first kappa shape index (κ1) is 11.2. The number of benzene rings is 1. The highest BCUT2D eigenvalue weighted by atomic mass is 19.1. The number of halogens is 1. The van der Waals surface area contributed by atoms with Gasteiger partial charge in [-0.1, -0.05) is 12.1 Å². The first-order chi connectivity index (χ1) is 8.11. The maximum absolute atomic E-state index is 12.8. The molecule has 4 heteroatoms. The summed E-state index contributed by atoms with van der Waals surface area (Å²) in [4.78, 5) is 0. The molecule has 17 heavy (non-hydrogen) atoms. The lowest BCUT2D eigenvalue weighted by Crippen LogP contribution is -2.04. The minimum Gasteiger partial charge on any atom is -0.397 e. The van der Waals surface area contributed by atoms with Crippen molar-refractivity contribution in [2.75, 3.05) is 5.73 Å². The van der Waals surface area contributed by atoms with Crippen molar-refractivity contribution in [1.29, 1.82) is 5.26 Å². The smallest absolute Gasteiger partial charge is 0.123 e. The number of nitrogens with two attached hydrogens (primary N) is 1. The normalized spacial score (nSPS) is 10.2. The van der Waals surface area contributed by atoms with Crippen molar-refractivity contribution in [2.24, 2.45) is 0 Å². The quantitative estimate of drug-likeness (QED) is 0.859. The molecule has 3 nitrogen and oxygen atoms in total. The van der Waals surface area contributed by atoms with Gasteiger partial charge in [-0.15, -0.1) is 0 Å². The molecule has 0 unspecified atom stereocenters. The predicted octanol–water partition coefficient (Wildman–Crippen LogP) is 2.44. The molecule has 0 aliphatic heterocycles. The van der Waals surface area contributed by atoms with Crippen molar-refractivity contribution in [3.63, 3.8) is 0 Å². The highest BCUT2D eigenvalue weighted by Gasteiger charge is 2.09. The number of anilines is 1. The molecule has 0 saturated heterocycles. The van der Waals surface area contributed by atoms with E-state index < -0.39 is 0 Å². The van der Waals surface area contributed by atoms with Crippen molar-refractivity contribution < 1.29 is 4.39 Å². The number of hydrogen-bond acceptors (Lipinski definition) is 2. The summed E-state index contributed by atoms with van der Waals surface area (Å²) in [6.45, 7) is 2.38. The van der Waals surface area contributed by atoms with Gasteiger partial charge in [-0.05, 0) is 30.7 Å². The van der Waals surface area contributed by atoms with Gasteiger partial charge in [0.25, 0.3) is 0 Å². The average molecular weight is 229 g/mol. The fourth-order valence-electron chi connectivity index (χ4n) is 1.73. The van der Waals surface area contributed by atoms with Crippen LogP contribution >= 0.6 is 0 Å². The zero-order valence-corrected chi connectivity index (χ0v) is 9.44.